The van der Waals surface area contributed by atoms with Crippen molar-refractivity contribution in [1.82, 2.24) is 0 Å². The molecule has 2 unspecified atom stereocenters. The van der Waals surface area contributed by atoms with Gasteiger partial charge in [0.05, 0.1) is 6.10 Å². The second-order valence-corrected chi connectivity index (χ2v) is 3.18. The molecule has 0 radical (unpaired) electrons. The standard InChI is InChI=1S/C10H14FNO/c1-7(8(2)13)12-10-5-3-4-9(11)6-10/h3-8,12-13H,1-2H3. The Morgan fingerprint density at radius 3 is 2.62 bits per heavy atom. The first-order valence-corrected chi connectivity index (χ1v) is 4.30. The van der Waals surface area contributed by atoms with Crippen LogP contribution in [0.4, 0.5) is 10.1 Å². The van der Waals surface area contributed by atoms with Gasteiger partial charge in [0.1, 0.15) is 5.82 Å². The third kappa shape index (κ3) is 3.03. The van der Waals surface area contributed by atoms with Crippen molar-refractivity contribution in [2.24, 2.45) is 0 Å². The Balaban J connectivity index is 2.64. The number of halogens is 1. The first-order valence-electron chi connectivity index (χ1n) is 4.30. The number of hydrogen-bond acceptors (Lipinski definition) is 2. The third-order valence-corrected chi connectivity index (χ3v) is 1.94. The average Bonchev–Trinajstić information content (AvgIpc) is 2.04. The van der Waals surface area contributed by atoms with Gasteiger partial charge in [0, 0.05) is 11.7 Å². The predicted molar refractivity (Wildman–Crippen MR) is 51.2 cm³/mol. The Morgan fingerprint density at radius 1 is 1.38 bits per heavy atom. The van der Waals surface area contributed by atoms with E-state index in [2.05, 4.69) is 5.32 Å². The van der Waals surface area contributed by atoms with Gasteiger partial charge in [-0.1, -0.05) is 6.07 Å². The van der Waals surface area contributed by atoms with E-state index in [4.69, 9.17) is 0 Å². The summed E-state index contributed by atoms with van der Waals surface area (Å²) in [6.45, 7) is 3.53. The highest BCUT2D eigenvalue weighted by Crippen LogP contribution is 2.11. The first kappa shape index (κ1) is 9.99. The molecule has 0 aliphatic carbocycles. The maximum atomic E-state index is 12.7. The van der Waals surface area contributed by atoms with Crippen molar-refractivity contribution in [3.63, 3.8) is 0 Å². The number of aliphatic hydroxyl groups is 1. The van der Waals surface area contributed by atoms with Crippen LogP contribution in [0.15, 0.2) is 24.3 Å². The van der Waals surface area contributed by atoms with E-state index in [0.717, 1.165) is 0 Å². The molecule has 2 atom stereocenters. The molecule has 72 valence electrons. The summed E-state index contributed by atoms with van der Waals surface area (Å²) in [5.41, 5.74) is 0.688. The van der Waals surface area contributed by atoms with Crippen molar-refractivity contribution >= 4 is 5.69 Å². The molecule has 0 aliphatic rings. The van der Waals surface area contributed by atoms with Gasteiger partial charge in [0.25, 0.3) is 0 Å². The molecule has 2 N–H and O–H groups in total. The molecule has 3 heteroatoms. The molecule has 0 saturated heterocycles. The minimum absolute atomic E-state index is 0.0817. The highest BCUT2D eigenvalue weighted by Gasteiger charge is 2.07. The van der Waals surface area contributed by atoms with Gasteiger partial charge in [-0.2, -0.15) is 0 Å². The largest absolute Gasteiger partial charge is 0.391 e. The van der Waals surface area contributed by atoms with E-state index in [1.54, 1.807) is 19.1 Å². The van der Waals surface area contributed by atoms with Crippen molar-refractivity contribution in [2.75, 3.05) is 5.32 Å². The number of hydrogen-bond donors (Lipinski definition) is 2. The van der Waals surface area contributed by atoms with Crippen molar-refractivity contribution in [3.05, 3.63) is 30.1 Å². The zero-order chi connectivity index (χ0) is 9.84. The monoisotopic (exact) mass is 183 g/mol. The second-order valence-electron chi connectivity index (χ2n) is 3.18. The van der Waals surface area contributed by atoms with Crippen LogP contribution in [0.2, 0.25) is 0 Å². The number of aliphatic hydroxyl groups excluding tert-OH is 1. The van der Waals surface area contributed by atoms with Gasteiger partial charge in [-0.3, -0.25) is 0 Å². The number of anilines is 1. The van der Waals surface area contributed by atoms with Crippen molar-refractivity contribution < 1.29 is 9.50 Å². The molecular weight excluding hydrogens is 169 g/mol. The van der Waals surface area contributed by atoms with Crippen molar-refractivity contribution in [2.45, 2.75) is 26.0 Å². The summed E-state index contributed by atoms with van der Waals surface area (Å²) in [7, 11) is 0. The Hall–Kier alpha value is -1.09. The summed E-state index contributed by atoms with van der Waals surface area (Å²) in [6, 6.07) is 6.10. The van der Waals surface area contributed by atoms with Crippen molar-refractivity contribution in [3.8, 4) is 0 Å². The van der Waals surface area contributed by atoms with Crippen LogP contribution in [0.1, 0.15) is 13.8 Å². The third-order valence-electron chi connectivity index (χ3n) is 1.94. The van der Waals surface area contributed by atoms with Crippen LogP contribution < -0.4 is 5.32 Å². The molecule has 0 bridgehead atoms. The SMILES string of the molecule is CC(O)C(C)Nc1cccc(F)c1. The van der Waals surface area contributed by atoms with Crippen LogP contribution >= 0.6 is 0 Å². The Labute approximate surface area is 77.4 Å². The molecule has 0 spiro atoms. The average molecular weight is 183 g/mol. The maximum absolute atomic E-state index is 12.7. The van der Waals surface area contributed by atoms with Gasteiger partial charge in [0.15, 0.2) is 0 Å². The summed E-state index contributed by atoms with van der Waals surface area (Å²) >= 11 is 0. The summed E-state index contributed by atoms with van der Waals surface area (Å²) in [4.78, 5) is 0. The quantitative estimate of drug-likeness (QED) is 0.751. The van der Waals surface area contributed by atoms with Gasteiger partial charge < -0.3 is 10.4 Å². The molecule has 1 rings (SSSR count). The Morgan fingerprint density at radius 2 is 2.08 bits per heavy atom. The molecule has 1 aromatic carbocycles. The van der Waals surface area contributed by atoms with Gasteiger partial charge >= 0.3 is 0 Å². The van der Waals surface area contributed by atoms with Gasteiger partial charge in [0.2, 0.25) is 0 Å². The van der Waals surface area contributed by atoms with E-state index in [-0.39, 0.29) is 11.9 Å². The number of nitrogens with one attached hydrogen (secondary N) is 1. The smallest absolute Gasteiger partial charge is 0.125 e. The maximum Gasteiger partial charge on any atom is 0.125 e. The number of benzene rings is 1. The molecular formula is C10H14FNO. The van der Waals surface area contributed by atoms with Crippen LogP contribution in [-0.4, -0.2) is 17.3 Å². The minimum Gasteiger partial charge on any atom is -0.391 e. The zero-order valence-electron chi connectivity index (χ0n) is 7.79. The fraction of sp³-hybridized carbons (Fsp3) is 0.400. The van der Waals surface area contributed by atoms with Crippen LogP contribution in [0.25, 0.3) is 0 Å². The van der Waals surface area contributed by atoms with Crippen LogP contribution in [-0.2, 0) is 0 Å². The Bertz CT molecular complexity index is 275. The second kappa shape index (κ2) is 4.23. The Kier molecular flexibility index (Phi) is 3.25. The van der Waals surface area contributed by atoms with E-state index in [1.807, 2.05) is 6.92 Å². The molecule has 1 aromatic rings. The van der Waals surface area contributed by atoms with E-state index in [9.17, 15) is 9.50 Å². The summed E-state index contributed by atoms with van der Waals surface area (Å²) < 4.78 is 12.7. The van der Waals surface area contributed by atoms with Crippen LogP contribution in [0.5, 0.6) is 0 Å². The summed E-state index contributed by atoms with van der Waals surface area (Å²) in [6.07, 6.45) is -0.455. The fourth-order valence-corrected chi connectivity index (χ4v) is 0.962. The normalized spacial score (nSPS) is 15.1. The fourth-order valence-electron chi connectivity index (χ4n) is 0.962. The summed E-state index contributed by atoms with van der Waals surface area (Å²) in [5, 5.41) is 12.2. The molecule has 13 heavy (non-hydrogen) atoms. The molecule has 0 fully saturated rings. The molecule has 0 amide bonds. The van der Waals surface area contributed by atoms with E-state index >= 15 is 0 Å². The number of rotatable bonds is 3. The zero-order valence-corrected chi connectivity index (χ0v) is 7.79. The highest BCUT2D eigenvalue weighted by molar-refractivity contribution is 5.43. The van der Waals surface area contributed by atoms with E-state index < -0.39 is 6.10 Å². The van der Waals surface area contributed by atoms with Crippen LogP contribution in [0, 0.1) is 5.82 Å². The minimum atomic E-state index is -0.455. The van der Waals surface area contributed by atoms with E-state index in [0.29, 0.717) is 5.69 Å². The molecule has 0 aliphatic heterocycles. The summed E-state index contributed by atoms with van der Waals surface area (Å²) in [5.74, 6) is -0.275. The molecule has 0 aromatic heterocycles. The molecule has 0 saturated carbocycles. The lowest BCUT2D eigenvalue weighted by molar-refractivity contribution is 0.178. The van der Waals surface area contributed by atoms with E-state index in [1.165, 1.54) is 12.1 Å². The molecule has 0 heterocycles. The van der Waals surface area contributed by atoms with Gasteiger partial charge in [-0.05, 0) is 32.0 Å². The highest BCUT2D eigenvalue weighted by atomic mass is 19.1. The lowest BCUT2D eigenvalue weighted by Crippen LogP contribution is -2.27. The lowest BCUT2D eigenvalue weighted by atomic mass is 10.2. The van der Waals surface area contributed by atoms with Gasteiger partial charge in [-0.15, -0.1) is 0 Å². The van der Waals surface area contributed by atoms with Gasteiger partial charge in [-0.25, -0.2) is 4.39 Å². The lowest BCUT2D eigenvalue weighted by Gasteiger charge is -2.17. The molecule has 2 nitrogen and oxygen atoms in total. The predicted octanol–water partition coefficient (Wildman–Crippen LogP) is 2.01. The first-order chi connectivity index (χ1) is 6.09. The van der Waals surface area contributed by atoms with Crippen molar-refractivity contribution in [1.29, 1.82) is 0 Å². The topological polar surface area (TPSA) is 32.3 Å². The van der Waals surface area contributed by atoms with Crippen LogP contribution in [0.3, 0.4) is 0 Å².